The number of hydrogen-bond donors (Lipinski definition) is 0. The van der Waals surface area contributed by atoms with Crippen molar-refractivity contribution in [3.63, 3.8) is 0 Å². The predicted molar refractivity (Wildman–Crippen MR) is 45.9 cm³/mol. The van der Waals surface area contributed by atoms with Gasteiger partial charge in [-0.3, -0.25) is 4.79 Å². The van der Waals surface area contributed by atoms with Crippen LogP contribution in [0.3, 0.4) is 0 Å². The Kier molecular flexibility index (Phi) is 2.10. The highest BCUT2D eigenvalue weighted by Gasteiger charge is 2.51. The summed E-state index contributed by atoms with van der Waals surface area (Å²) < 4.78 is 4.72. The fourth-order valence-corrected chi connectivity index (χ4v) is 3.02. The molecule has 3 heteroatoms. The van der Waals surface area contributed by atoms with Crippen molar-refractivity contribution in [2.45, 2.75) is 19.3 Å². The fraction of sp³-hybridized carbons (Fsp3) is 0.800. The molecule has 4 unspecified atom stereocenters. The Bertz CT molecular complexity index is 236. The highest BCUT2D eigenvalue weighted by atomic mass is 16.5. The molecule has 0 saturated heterocycles. The summed E-state index contributed by atoms with van der Waals surface area (Å²) in [6, 6.07) is 0. The van der Waals surface area contributed by atoms with Gasteiger partial charge in [0.05, 0.1) is 13.0 Å². The van der Waals surface area contributed by atoms with Gasteiger partial charge < -0.3 is 9.53 Å². The summed E-state index contributed by atoms with van der Waals surface area (Å²) in [5, 5.41) is 0. The second-order valence-electron chi connectivity index (χ2n) is 4.10. The third-order valence-electron chi connectivity index (χ3n) is 3.61. The van der Waals surface area contributed by atoms with E-state index < -0.39 is 0 Å². The van der Waals surface area contributed by atoms with Crippen LogP contribution < -0.4 is 0 Å². The SMILES string of the molecule is COC(=O)C1C2CCC(C2)C1C=O. The number of rotatable bonds is 2. The molecule has 0 aromatic rings. The van der Waals surface area contributed by atoms with E-state index in [9.17, 15) is 9.59 Å². The first kappa shape index (κ1) is 8.73. The zero-order valence-corrected chi connectivity index (χ0v) is 7.73. The highest BCUT2D eigenvalue weighted by molar-refractivity contribution is 5.78. The average molecular weight is 182 g/mol. The molecule has 0 aliphatic heterocycles. The van der Waals surface area contributed by atoms with E-state index in [0.29, 0.717) is 11.8 Å². The van der Waals surface area contributed by atoms with Crippen LogP contribution in [0.25, 0.3) is 0 Å². The van der Waals surface area contributed by atoms with E-state index in [1.807, 2.05) is 0 Å². The second kappa shape index (κ2) is 3.13. The minimum Gasteiger partial charge on any atom is -0.469 e. The monoisotopic (exact) mass is 182 g/mol. The van der Waals surface area contributed by atoms with Gasteiger partial charge in [0.15, 0.2) is 0 Å². The number of esters is 1. The highest BCUT2D eigenvalue weighted by Crippen LogP contribution is 2.51. The molecule has 0 spiro atoms. The lowest BCUT2D eigenvalue weighted by Crippen LogP contribution is -2.31. The lowest BCUT2D eigenvalue weighted by atomic mass is 9.80. The van der Waals surface area contributed by atoms with Crippen molar-refractivity contribution in [2.75, 3.05) is 7.11 Å². The van der Waals surface area contributed by atoms with E-state index in [4.69, 9.17) is 4.74 Å². The van der Waals surface area contributed by atoms with Crippen molar-refractivity contribution >= 4 is 12.3 Å². The third kappa shape index (κ3) is 1.18. The largest absolute Gasteiger partial charge is 0.469 e. The van der Waals surface area contributed by atoms with Crippen LogP contribution in [0.5, 0.6) is 0 Å². The van der Waals surface area contributed by atoms with Crippen LogP contribution in [0.2, 0.25) is 0 Å². The Balaban J connectivity index is 2.17. The van der Waals surface area contributed by atoms with Gasteiger partial charge in [0.25, 0.3) is 0 Å². The second-order valence-corrected chi connectivity index (χ2v) is 4.10. The third-order valence-corrected chi connectivity index (χ3v) is 3.61. The number of ether oxygens (including phenoxy) is 1. The Hall–Kier alpha value is -0.860. The number of carbonyl (C=O) groups is 2. The molecule has 13 heavy (non-hydrogen) atoms. The molecule has 2 aliphatic carbocycles. The standard InChI is InChI=1S/C10H14O3/c1-13-10(12)9-7-3-2-6(4-7)8(9)5-11/h5-9H,2-4H2,1H3. The van der Waals surface area contributed by atoms with Gasteiger partial charge in [0.2, 0.25) is 0 Å². The van der Waals surface area contributed by atoms with E-state index in [-0.39, 0.29) is 17.8 Å². The summed E-state index contributed by atoms with van der Waals surface area (Å²) in [5.41, 5.74) is 0. The van der Waals surface area contributed by atoms with Gasteiger partial charge in [-0.1, -0.05) is 0 Å². The van der Waals surface area contributed by atoms with Gasteiger partial charge in [-0.05, 0) is 31.1 Å². The normalized spacial score (nSPS) is 41.9. The minimum atomic E-state index is -0.190. The molecule has 2 aliphatic rings. The Morgan fingerprint density at radius 3 is 2.69 bits per heavy atom. The van der Waals surface area contributed by atoms with Crippen molar-refractivity contribution < 1.29 is 14.3 Å². The molecule has 2 bridgehead atoms. The number of fused-ring (bicyclic) bond motifs is 2. The molecule has 2 rings (SSSR count). The molecule has 0 radical (unpaired) electrons. The lowest BCUT2D eigenvalue weighted by molar-refractivity contribution is -0.150. The maximum atomic E-state index is 11.4. The van der Waals surface area contributed by atoms with Crippen molar-refractivity contribution in [1.82, 2.24) is 0 Å². The Morgan fingerprint density at radius 2 is 2.08 bits per heavy atom. The number of carbonyl (C=O) groups excluding carboxylic acids is 2. The summed E-state index contributed by atoms with van der Waals surface area (Å²) in [4.78, 5) is 22.2. The van der Waals surface area contributed by atoms with Crippen molar-refractivity contribution in [1.29, 1.82) is 0 Å². The van der Waals surface area contributed by atoms with Crippen LogP contribution in [0.4, 0.5) is 0 Å². The van der Waals surface area contributed by atoms with Gasteiger partial charge in [-0.25, -0.2) is 0 Å². The molecular weight excluding hydrogens is 168 g/mol. The lowest BCUT2D eigenvalue weighted by Gasteiger charge is -2.24. The van der Waals surface area contributed by atoms with E-state index in [2.05, 4.69) is 0 Å². The van der Waals surface area contributed by atoms with E-state index >= 15 is 0 Å². The molecule has 0 aromatic carbocycles. The zero-order valence-electron chi connectivity index (χ0n) is 7.73. The van der Waals surface area contributed by atoms with Crippen LogP contribution in [-0.2, 0) is 14.3 Å². The van der Waals surface area contributed by atoms with Crippen LogP contribution >= 0.6 is 0 Å². The van der Waals surface area contributed by atoms with E-state index in [0.717, 1.165) is 25.5 Å². The Labute approximate surface area is 77.4 Å². The molecule has 72 valence electrons. The van der Waals surface area contributed by atoms with Gasteiger partial charge in [0, 0.05) is 5.92 Å². The first-order valence-electron chi connectivity index (χ1n) is 4.81. The average Bonchev–Trinajstić information content (AvgIpc) is 2.74. The van der Waals surface area contributed by atoms with Crippen LogP contribution in [0.1, 0.15) is 19.3 Å². The zero-order chi connectivity index (χ0) is 9.42. The molecule has 2 fully saturated rings. The van der Waals surface area contributed by atoms with E-state index in [1.165, 1.54) is 7.11 Å². The van der Waals surface area contributed by atoms with Crippen LogP contribution in [-0.4, -0.2) is 19.4 Å². The number of hydrogen-bond acceptors (Lipinski definition) is 3. The number of methoxy groups -OCH3 is 1. The van der Waals surface area contributed by atoms with Gasteiger partial charge in [-0.15, -0.1) is 0 Å². The predicted octanol–water partition coefficient (Wildman–Crippen LogP) is 1.02. The summed E-state index contributed by atoms with van der Waals surface area (Å²) >= 11 is 0. The van der Waals surface area contributed by atoms with Crippen LogP contribution in [0.15, 0.2) is 0 Å². The maximum absolute atomic E-state index is 11.4. The van der Waals surface area contributed by atoms with Gasteiger partial charge in [0.1, 0.15) is 6.29 Å². The first-order chi connectivity index (χ1) is 6.27. The van der Waals surface area contributed by atoms with Crippen molar-refractivity contribution in [3.8, 4) is 0 Å². The molecule has 2 saturated carbocycles. The van der Waals surface area contributed by atoms with E-state index in [1.54, 1.807) is 0 Å². The molecule has 0 amide bonds. The molecule has 0 aromatic heterocycles. The summed E-state index contributed by atoms with van der Waals surface area (Å²) in [6.07, 6.45) is 4.20. The molecule has 0 N–H and O–H groups in total. The van der Waals surface area contributed by atoms with Crippen LogP contribution in [0, 0.1) is 23.7 Å². The topological polar surface area (TPSA) is 43.4 Å². The quantitative estimate of drug-likeness (QED) is 0.473. The maximum Gasteiger partial charge on any atom is 0.309 e. The Morgan fingerprint density at radius 1 is 1.38 bits per heavy atom. The summed E-state index contributed by atoms with van der Waals surface area (Å²) in [5.74, 6) is 0.469. The molecule has 0 heterocycles. The van der Waals surface area contributed by atoms with Crippen molar-refractivity contribution in [2.24, 2.45) is 23.7 Å². The summed E-state index contributed by atoms with van der Waals surface area (Å²) in [6.45, 7) is 0. The van der Waals surface area contributed by atoms with Crippen molar-refractivity contribution in [3.05, 3.63) is 0 Å². The molecule has 4 atom stereocenters. The summed E-state index contributed by atoms with van der Waals surface area (Å²) in [7, 11) is 1.40. The number of aldehydes is 1. The van der Waals surface area contributed by atoms with Gasteiger partial charge >= 0.3 is 5.97 Å². The first-order valence-corrected chi connectivity index (χ1v) is 4.81. The minimum absolute atomic E-state index is 0.0637. The fourth-order valence-electron chi connectivity index (χ4n) is 3.02. The molecule has 3 nitrogen and oxygen atoms in total. The molecular formula is C10H14O3. The smallest absolute Gasteiger partial charge is 0.309 e. The van der Waals surface area contributed by atoms with Gasteiger partial charge in [-0.2, -0.15) is 0 Å².